The van der Waals surface area contributed by atoms with Crippen LogP contribution in [0.4, 0.5) is 0 Å². The number of thiophene rings is 1. The minimum Gasteiger partial charge on any atom is -0.495 e. The molecule has 0 bridgehead atoms. The number of nitrogens with two attached hydrogens (primary N) is 1. The van der Waals surface area contributed by atoms with E-state index in [2.05, 4.69) is 6.92 Å². The molecule has 1 aliphatic rings. The summed E-state index contributed by atoms with van der Waals surface area (Å²) in [6, 6.07) is 1.83. The maximum Gasteiger partial charge on any atom is 0.267 e. The monoisotopic (exact) mass is 290 g/mol. The Hall–Kier alpha value is -0.780. The average molecular weight is 291 g/mol. The van der Waals surface area contributed by atoms with Crippen molar-refractivity contribution in [3.8, 4) is 5.75 Å². The minimum absolute atomic E-state index is 0. The zero-order valence-electron chi connectivity index (χ0n) is 10.6. The molecule has 6 heteroatoms. The van der Waals surface area contributed by atoms with E-state index in [1.807, 2.05) is 16.3 Å². The molecule has 102 valence electrons. The first-order valence-electron chi connectivity index (χ1n) is 5.70. The third-order valence-corrected chi connectivity index (χ3v) is 4.26. The van der Waals surface area contributed by atoms with Gasteiger partial charge in [-0.3, -0.25) is 4.79 Å². The van der Waals surface area contributed by atoms with Crippen LogP contribution >= 0.6 is 23.7 Å². The van der Waals surface area contributed by atoms with Crippen molar-refractivity contribution >= 4 is 29.7 Å². The summed E-state index contributed by atoms with van der Waals surface area (Å²) in [7, 11) is 1.59. The van der Waals surface area contributed by atoms with Gasteiger partial charge >= 0.3 is 0 Å². The summed E-state index contributed by atoms with van der Waals surface area (Å²) in [5.41, 5.74) is 5.81. The van der Waals surface area contributed by atoms with Gasteiger partial charge in [-0.25, -0.2) is 0 Å². The van der Waals surface area contributed by atoms with Gasteiger partial charge < -0.3 is 15.4 Å². The van der Waals surface area contributed by atoms with Crippen molar-refractivity contribution in [2.45, 2.75) is 13.3 Å². The molecule has 1 aromatic rings. The van der Waals surface area contributed by atoms with Crippen LogP contribution in [0.5, 0.6) is 5.75 Å². The van der Waals surface area contributed by atoms with E-state index in [-0.39, 0.29) is 23.7 Å². The molecule has 0 aliphatic carbocycles. The van der Waals surface area contributed by atoms with Gasteiger partial charge in [0.05, 0.1) is 7.11 Å². The molecular weight excluding hydrogens is 272 g/mol. The number of carbonyl (C=O) groups is 1. The van der Waals surface area contributed by atoms with E-state index >= 15 is 0 Å². The van der Waals surface area contributed by atoms with Crippen LogP contribution in [0.15, 0.2) is 11.4 Å². The predicted octanol–water partition coefficient (Wildman–Crippen LogP) is 1.99. The van der Waals surface area contributed by atoms with Crippen LogP contribution in [0, 0.1) is 5.41 Å². The summed E-state index contributed by atoms with van der Waals surface area (Å²) in [5.74, 6) is 0.732. The van der Waals surface area contributed by atoms with E-state index in [0.717, 1.165) is 19.5 Å². The lowest BCUT2D eigenvalue weighted by atomic mass is 9.90. The van der Waals surface area contributed by atoms with Crippen LogP contribution in [0.25, 0.3) is 0 Å². The largest absolute Gasteiger partial charge is 0.495 e. The van der Waals surface area contributed by atoms with Gasteiger partial charge in [0.1, 0.15) is 10.6 Å². The number of hydrogen-bond donors (Lipinski definition) is 1. The first kappa shape index (κ1) is 15.3. The highest BCUT2D eigenvalue weighted by atomic mass is 35.5. The second-order valence-electron chi connectivity index (χ2n) is 4.81. The van der Waals surface area contributed by atoms with Gasteiger partial charge in [0.2, 0.25) is 0 Å². The molecule has 1 aromatic heterocycles. The van der Waals surface area contributed by atoms with Crippen molar-refractivity contribution in [3.63, 3.8) is 0 Å². The molecule has 2 rings (SSSR count). The Morgan fingerprint density at radius 2 is 2.39 bits per heavy atom. The molecule has 0 radical (unpaired) electrons. The van der Waals surface area contributed by atoms with Gasteiger partial charge in [0.15, 0.2) is 0 Å². The van der Waals surface area contributed by atoms with Crippen LogP contribution in [-0.2, 0) is 0 Å². The lowest BCUT2D eigenvalue weighted by molar-refractivity contribution is 0.0778. The average Bonchev–Trinajstić information content (AvgIpc) is 2.95. The van der Waals surface area contributed by atoms with E-state index in [1.165, 1.54) is 11.3 Å². The highest BCUT2D eigenvalue weighted by molar-refractivity contribution is 7.12. The standard InChI is InChI=1S/C12H18N2O2S.ClH/c1-12(7-13)4-5-14(8-12)11(15)10-9(16-2)3-6-17-10;/h3,6H,4-5,7-8,13H2,1-2H3;1H. The topological polar surface area (TPSA) is 55.6 Å². The van der Waals surface area contributed by atoms with Crippen LogP contribution in [0.3, 0.4) is 0 Å². The lowest BCUT2D eigenvalue weighted by Crippen LogP contribution is -2.34. The second kappa shape index (κ2) is 5.91. The van der Waals surface area contributed by atoms with E-state index in [4.69, 9.17) is 10.5 Å². The zero-order valence-corrected chi connectivity index (χ0v) is 12.3. The van der Waals surface area contributed by atoms with Crippen LogP contribution < -0.4 is 10.5 Å². The molecule has 0 spiro atoms. The Balaban J connectivity index is 0.00000162. The first-order valence-corrected chi connectivity index (χ1v) is 6.58. The summed E-state index contributed by atoms with van der Waals surface area (Å²) >= 11 is 1.43. The molecule has 1 fully saturated rings. The summed E-state index contributed by atoms with van der Waals surface area (Å²) in [6.07, 6.45) is 0.975. The fourth-order valence-electron chi connectivity index (χ4n) is 2.12. The third kappa shape index (κ3) is 2.79. The number of amides is 1. The summed E-state index contributed by atoms with van der Waals surface area (Å²) < 4.78 is 5.18. The number of likely N-dealkylation sites (tertiary alicyclic amines) is 1. The van der Waals surface area contributed by atoms with Crippen molar-refractivity contribution < 1.29 is 9.53 Å². The molecule has 1 unspecified atom stereocenters. The molecule has 18 heavy (non-hydrogen) atoms. The van der Waals surface area contributed by atoms with Gasteiger partial charge in [-0.05, 0) is 29.8 Å². The number of carbonyl (C=O) groups excluding carboxylic acids is 1. The minimum atomic E-state index is 0. The molecule has 1 saturated heterocycles. The molecule has 1 aliphatic heterocycles. The van der Waals surface area contributed by atoms with E-state index < -0.39 is 0 Å². The van der Waals surface area contributed by atoms with E-state index in [9.17, 15) is 4.79 Å². The smallest absolute Gasteiger partial charge is 0.267 e. The van der Waals surface area contributed by atoms with Gasteiger partial charge in [0.25, 0.3) is 5.91 Å². The first-order chi connectivity index (χ1) is 8.09. The molecular formula is C12H19ClN2O2S. The maximum atomic E-state index is 12.3. The molecule has 2 heterocycles. The fraction of sp³-hybridized carbons (Fsp3) is 0.583. The Kier molecular flexibility index (Phi) is 5.01. The lowest BCUT2D eigenvalue weighted by Gasteiger charge is -2.22. The highest BCUT2D eigenvalue weighted by Crippen LogP contribution is 2.32. The van der Waals surface area contributed by atoms with Crippen molar-refractivity contribution in [1.82, 2.24) is 4.90 Å². The Morgan fingerprint density at radius 1 is 1.67 bits per heavy atom. The molecule has 0 saturated carbocycles. The number of nitrogens with zero attached hydrogens (tertiary/aromatic N) is 1. The van der Waals surface area contributed by atoms with Crippen molar-refractivity contribution in [1.29, 1.82) is 0 Å². The van der Waals surface area contributed by atoms with Gasteiger partial charge in [-0.15, -0.1) is 23.7 Å². The number of ether oxygens (including phenoxy) is 1. The number of methoxy groups -OCH3 is 1. The van der Waals surface area contributed by atoms with E-state index in [0.29, 0.717) is 17.2 Å². The molecule has 1 amide bonds. The molecule has 2 N–H and O–H groups in total. The van der Waals surface area contributed by atoms with Gasteiger partial charge in [-0.2, -0.15) is 0 Å². The van der Waals surface area contributed by atoms with Crippen molar-refractivity contribution in [2.75, 3.05) is 26.7 Å². The molecule has 4 nitrogen and oxygen atoms in total. The third-order valence-electron chi connectivity index (χ3n) is 3.38. The normalized spacial score (nSPS) is 22.7. The van der Waals surface area contributed by atoms with Gasteiger partial charge in [0, 0.05) is 13.1 Å². The highest BCUT2D eigenvalue weighted by Gasteiger charge is 2.36. The number of hydrogen-bond acceptors (Lipinski definition) is 4. The number of rotatable bonds is 3. The fourth-order valence-corrected chi connectivity index (χ4v) is 2.95. The van der Waals surface area contributed by atoms with Crippen LogP contribution in [-0.4, -0.2) is 37.6 Å². The molecule has 0 aromatic carbocycles. The van der Waals surface area contributed by atoms with Gasteiger partial charge in [-0.1, -0.05) is 6.92 Å². The quantitative estimate of drug-likeness (QED) is 0.926. The predicted molar refractivity (Wildman–Crippen MR) is 75.8 cm³/mol. The van der Waals surface area contributed by atoms with Crippen LogP contribution in [0.2, 0.25) is 0 Å². The maximum absolute atomic E-state index is 12.3. The Bertz CT molecular complexity index is 424. The Morgan fingerprint density at radius 3 is 2.94 bits per heavy atom. The Labute approximate surface area is 118 Å². The zero-order chi connectivity index (χ0) is 12.5. The second-order valence-corrected chi connectivity index (χ2v) is 5.73. The SMILES string of the molecule is COc1ccsc1C(=O)N1CCC(C)(CN)C1.Cl. The summed E-state index contributed by atoms with van der Waals surface area (Å²) in [6.45, 7) is 4.28. The van der Waals surface area contributed by atoms with Crippen molar-refractivity contribution in [2.24, 2.45) is 11.1 Å². The van der Waals surface area contributed by atoms with Crippen molar-refractivity contribution in [3.05, 3.63) is 16.3 Å². The molecule has 1 atom stereocenters. The van der Waals surface area contributed by atoms with E-state index in [1.54, 1.807) is 7.11 Å². The number of halogens is 1. The summed E-state index contributed by atoms with van der Waals surface area (Å²) in [5, 5.41) is 1.88. The summed E-state index contributed by atoms with van der Waals surface area (Å²) in [4.78, 5) is 14.9. The van der Waals surface area contributed by atoms with Crippen LogP contribution in [0.1, 0.15) is 23.0 Å².